The molecule has 2 aromatic carbocycles. The third-order valence-corrected chi connectivity index (χ3v) is 8.31. The second-order valence-corrected chi connectivity index (χ2v) is 10.2. The summed E-state index contributed by atoms with van der Waals surface area (Å²) in [5, 5.41) is 12.4. The van der Waals surface area contributed by atoms with Crippen molar-refractivity contribution in [3.8, 4) is 6.07 Å². The van der Waals surface area contributed by atoms with Gasteiger partial charge in [0.05, 0.1) is 11.8 Å². The van der Waals surface area contributed by atoms with Crippen molar-refractivity contribution in [1.29, 1.82) is 5.26 Å². The zero-order valence-corrected chi connectivity index (χ0v) is 20.5. The lowest BCUT2D eigenvalue weighted by molar-refractivity contribution is 0.0660. The Bertz CT molecular complexity index is 1220. The van der Waals surface area contributed by atoms with E-state index in [4.69, 9.17) is 0 Å². The Balaban J connectivity index is 1.40. The molecule has 0 bridgehead atoms. The zero-order chi connectivity index (χ0) is 24.4. The summed E-state index contributed by atoms with van der Waals surface area (Å²) >= 11 is 0. The number of benzene rings is 2. The summed E-state index contributed by atoms with van der Waals surface area (Å²) in [6.07, 6.45) is 10.6. The van der Waals surface area contributed by atoms with Gasteiger partial charge in [0, 0.05) is 44.0 Å². The van der Waals surface area contributed by atoms with Gasteiger partial charge in [0.15, 0.2) is 0 Å². The normalized spacial score (nSPS) is 21.1. The predicted molar refractivity (Wildman–Crippen MR) is 141 cm³/mol. The number of fused-ring (bicyclic) bond motifs is 3. The van der Waals surface area contributed by atoms with Crippen LogP contribution in [0.25, 0.3) is 10.8 Å². The maximum atomic E-state index is 13.5. The lowest BCUT2D eigenvalue weighted by Crippen LogP contribution is -2.42. The van der Waals surface area contributed by atoms with Gasteiger partial charge >= 0.3 is 0 Å². The van der Waals surface area contributed by atoms with E-state index in [1.165, 1.54) is 47.4 Å². The van der Waals surface area contributed by atoms with Crippen LogP contribution in [0.2, 0.25) is 0 Å². The van der Waals surface area contributed by atoms with Crippen LogP contribution in [-0.2, 0) is 13.1 Å². The third kappa shape index (κ3) is 4.21. The molecular formula is C30H34N4O. The first-order valence-corrected chi connectivity index (χ1v) is 12.9. The van der Waals surface area contributed by atoms with Gasteiger partial charge < -0.3 is 4.90 Å². The summed E-state index contributed by atoms with van der Waals surface area (Å²) in [4.78, 5) is 22.4. The van der Waals surface area contributed by atoms with Gasteiger partial charge in [0.25, 0.3) is 5.91 Å². The van der Waals surface area contributed by atoms with Crippen molar-refractivity contribution in [2.75, 3.05) is 13.1 Å². The Morgan fingerprint density at radius 3 is 2.51 bits per heavy atom. The van der Waals surface area contributed by atoms with Crippen LogP contribution in [0.4, 0.5) is 0 Å². The third-order valence-electron chi connectivity index (χ3n) is 8.31. The number of hydrogen-bond donors (Lipinski definition) is 0. The molecule has 5 rings (SSSR count). The van der Waals surface area contributed by atoms with Crippen LogP contribution in [0.15, 0.2) is 60.8 Å². The van der Waals surface area contributed by atoms with Crippen molar-refractivity contribution >= 4 is 22.4 Å². The maximum absolute atomic E-state index is 13.5. The average molecular weight is 467 g/mol. The summed E-state index contributed by atoms with van der Waals surface area (Å²) < 4.78 is 0. The minimum atomic E-state index is -0.608. The van der Waals surface area contributed by atoms with Crippen LogP contribution in [0, 0.1) is 16.7 Å². The Morgan fingerprint density at radius 1 is 1.14 bits per heavy atom. The van der Waals surface area contributed by atoms with Gasteiger partial charge in [-0.2, -0.15) is 5.26 Å². The number of aliphatic imine (C=N–C) groups is 1. The van der Waals surface area contributed by atoms with Crippen molar-refractivity contribution in [3.63, 3.8) is 0 Å². The molecule has 35 heavy (non-hydrogen) atoms. The van der Waals surface area contributed by atoms with Crippen LogP contribution >= 0.6 is 0 Å². The highest BCUT2D eigenvalue weighted by Crippen LogP contribution is 2.38. The van der Waals surface area contributed by atoms with E-state index in [1.807, 2.05) is 0 Å². The van der Waals surface area contributed by atoms with E-state index < -0.39 is 5.41 Å². The monoisotopic (exact) mass is 466 g/mol. The van der Waals surface area contributed by atoms with Crippen LogP contribution < -0.4 is 0 Å². The molecule has 1 aliphatic carbocycles. The van der Waals surface area contributed by atoms with Crippen molar-refractivity contribution in [2.45, 2.75) is 64.1 Å². The van der Waals surface area contributed by atoms with Crippen LogP contribution in [0.5, 0.6) is 0 Å². The van der Waals surface area contributed by atoms with E-state index in [1.54, 1.807) is 6.08 Å². The molecule has 1 amide bonds. The number of rotatable bonds is 6. The molecule has 0 aromatic heterocycles. The molecule has 1 saturated carbocycles. The van der Waals surface area contributed by atoms with Crippen molar-refractivity contribution in [3.05, 3.63) is 72.5 Å². The quantitative estimate of drug-likeness (QED) is 0.490. The number of piperidine rings is 1. The standard InChI is InChI=1S/C30H34N4O/c1-3-28(32-4-2)30(21-31)14-16-33(17-15-30)19-22-18-26-27(25-13-9-8-12-24(22)25)20-34(29(26)35)23-10-6-5-7-11-23/h3-4,8-9,12-13,18,23H,1-2,5-7,10-11,14-17,19-20H2. The number of carbonyl (C=O) groups excluding carboxylic acids is 1. The number of amides is 1. The fourth-order valence-corrected chi connectivity index (χ4v) is 6.32. The van der Waals surface area contributed by atoms with E-state index in [2.05, 4.69) is 64.4 Å². The second-order valence-electron chi connectivity index (χ2n) is 10.2. The molecule has 0 radical (unpaired) electrons. The van der Waals surface area contributed by atoms with E-state index in [0.29, 0.717) is 24.6 Å². The van der Waals surface area contributed by atoms with Crippen molar-refractivity contribution < 1.29 is 4.79 Å². The zero-order valence-electron chi connectivity index (χ0n) is 20.5. The van der Waals surface area contributed by atoms with E-state index >= 15 is 0 Å². The SMILES string of the molecule is C=CN=C(C=C)C1(C#N)CCN(Cc2cc3c(c4ccccc24)CN(C2CCCCC2)C3=O)CC1. The molecule has 2 fully saturated rings. The summed E-state index contributed by atoms with van der Waals surface area (Å²) in [7, 11) is 0. The fourth-order valence-electron chi connectivity index (χ4n) is 6.32. The first-order valence-electron chi connectivity index (χ1n) is 12.9. The molecule has 180 valence electrons. The number of nitriles is 1. The van der Waals surface area contributed by atoms with Gasteiger partial charge in [0.1, 0.15) is 5.41 Å². The number of nitrogens with zero attached hydrogens (tertiary/aromatic N) is 4. The Hall–Kier alpha value is -3.23. The molecule has 0 unspecified atom stereocenters. The number of allylic oxidation sites excluding steroid dienone is 1. The smallest absolute Gasteiger partial charge is 0.254 e. The molecular weight excluding hydrogens is 432 g/mol. The van der Waals surface area contributed by atoms with Crippen LogP contribution in [0.3, 0.4) is 0 Å². The Kier molecular flexibility index (Phi) is 6.58. The van der Waals surface area contributed by atoms with Crippen LogP contribution in [-0.4, -0.2) is 40.6 Å². The van der Waals surface area contributed by atoms with E-state index in [-0.39, 0.29) is 5.91 Å². The summed E-state index contributed by atoms with van der Waals surface area (Å²) in [5.41, 5.74) is 3.39. The summed E-state index contributed by atoms with van der Waals surface area (Å²) in [6.45, 7) is 10.7. The lowest BCUT2D eigenvalue weighted by atomic mass is 9.75. The number of hydrogen-bond acceptors (Lipinski definition) is 4. The van der Waals surface area contributed by atoms with Gasteiger partial charge in [-0.25, -0.2) is 0 Å². The topological polar surface area (TPSA) is 59.7 Å². The van der Waals surface area contributed by atoms with Crippen molar-refractivity contribution in [2.24, 2.45) is 10.4 Å². The average Bonchev–Trinajstić information content (AvgIpc) is 3.25. The molecule has 0 N–H and O–H groups in total. The fraction of sp³-hybridized carbons (Fsp3) is 0.433. The minimum absolute atomic E-state index is 0.206. The Morgan fingerprint density at radius 2 is 1.86 bits per heavy atom. The summed E-state index contributed by atoms with van der Waals surface area (Å²) in [6, 6.07) is 13.6. The van der Waals surface area contributed by atoms with Gasteiger partial charge in [-0.05, 0) is 59.7 Å². The highest BCUT2D eigenvalue weighted by atomic mass is 16.2. The number of likely N-dealkylation sites (tertiary alicyclic amines) is 1. The van der Waals surface area contributed by atoms with Gasteiger partial charge in [-0.1, -0.05) is 56.7 Å². The molecule has 2 heterocycles. The molecule has 1 saturated heterocycles. The molecule has 5 heteroatoms. The summed E-state index contributed by atoms with van der Waals surface area (Å²) in [5.74, 6) is 0.206. The number of carbonyl (C=O) groups is 1. The molecule has 0 atom stereocenters. The van der Waals surface area contributed by atoms with Gasteiger partial charge in [-0.3, -0.25) is 14.7 Å². The first-order chi connectivity index (χ1) is 17.1. The minimum Gasteiger partial charge on any atom is -0.331 e. The highest BCUT2D eigenvalue weighted by Gasteiger charge is 2.39. The van der Waals surface area contributed by atoms with Gasteiger partial charge in [-0.15, -0.1) is 0 Å². The molecule has 2 aliphatic heterocycles. The molecule has 2 aromatic rings. The Labute approximate surface area is 208 Å². The largest absolute Gasteiger partial charge is 0.331 e. The highest BCUT2D eigenvalue weighted by molar-refractivity contribution is 6.05. The lowest BCUT2D eigenvalue weighted by Gasteiger charge is -2.37. The van der Waals surface area contributed by atoms with Crippen LogP contribution in [0.1, 0.15) is 66.4 Å². The van der Waals surface area contributed by atoms with Crippen molar-refractivity contribution in [1.82, 2.24) is 9.80 Å². The molecule has 0 spiro atoms. The van der Waals surface area contributed by atoms with Gasteiger partial charge in [0.2, 0.25) is 0 Å². The molecule has 5 nitrogen and oxygen atoms in total. The molecule has 3 aliphatic rings. The second kappa shape index (κ2) is 9.79. The van der Waals surface area contributed by atoms with E-state index in [9.17, 15) is 10.1 Å². The maximum Gasteiger partial charge on any atom is 0.254 e. The van der Waals surface area contributed by atoms with E-state index in [0.717, 1.165) is 44.6 Å². The first kappa shape index (κ1) is 23.5. The predicted octanol–water partition coefficient (Wildman–Crippen LogP) is 6.00.